The molecule has 27 heavy (non-hydrogen) atoms. The van der Waals surface area contributed by atoms with E-state index in [1.165, 1.54) is 21.2 Å². The van der Waals surface area contributed by atoms with Crippen molar-refractivity contribution in [2.45, 2.75) is 5.25 Å². The normalized spacial score (nSPS) is 12.1. The molecule has 0 bridgehead atoms. The molecule has 0 radical (unpaired) electrons. The maximum atomic E-state index is 6.10. The predicted molar refractivity (Wildman–Crippen MR) is 120 cm³/mol. The summed E-state index contributed by atoms with van der Waals surface area (Å²) in [5.74, 6) is 0. The Bertz CT molecular complexity index is 835. The van der Waals surface area contributed by atoms with Crippen LogP contribution in [-0.4, -0.2) is 15.7 Å². The van der Waals surface area contributed by atoms with Crippen LogP contribution >= 0.6 is 19.0 Å². The maximum absolute atomic E-state index is 6.10. The van der Waals surface area contributed by atoms with E-state index in [0.717, 1.165) is 0 Å². The third-order valence-electron chi connectivity index (χ3n) is 4.58. The summed E-state index contributed by atoms with van der Waals surface area (Å²) in [4.78, 5) is 0. The molecule has 1 atom stereocenters. The first-order valence-corrected chi connectivity index (χ1v) is 13.0. The Balaban J connectivity index is 2.47. The van der Waals surface area contributed by atoms with Crippen molar-refractivity contribution in [3.05, 3.63) is 109 Å². The van der Waals surface area contributed by atoms with Crippen LogP contribution in [0.3, 0.4) is 0 Å². The minimum atomic E-state index is -2.07. The Morgan fingerprint density at radius 3 is 1.48 bits per heavy atom. The van der Waals surface area contributed by atoms with E-state index >= 15 is 0 Å². The van der Waals surface area contributed by atoms with Crippen molar-refractivity contribution in [3.8, 4) is 0 Å². The molecular weight excluding hydrogens is 542 g/mol. The van der Waals surface area contributed by atoms with E-state index in [-0.39, 0.29) is 5.25 Å². The minimum absolute atomic E-state index is 0.108. The standard InChI is InChI=1S/C24H21PS.Os/c1-4-24(26-3)20(2)25(21-14-8-5-9-15-21,22-16-10-6-11-17-22)23-18-12-7-13-19-23;/h1,4-19,24H,3H3;. The van der Waals surface area contributed by atoms with Crippen LogP contribution in [0.15, 0.2) is 102 Å². The van der Waals surface area contributed by atoms with Crippen LogP contribution in [0.5, 0.6) is 0 Å². The van der Waals surface area contributed by atoms with Crippen LogP contribution in [0.1, 0.15) is 0 Å². The molecule has 0 spiro atoms. The monoisotopic (exact) mass is 564 g/mol. The van der Waals surface area contributed by atoms with Crippen LogP contribution < -0.4 is 15.9 Å². The molecule has 0 N–H and O–H groups in total. The summed E-state index contributed by atoms with van der Waals surface area (Å²) < 4.78 is 3.60. The summed E-state index contributed by atoms with van der Waals surface area (Å²) in [7, 11) is -2.07. The van der Waals surface area contributed by atoms with Crippen LogP contribution in [0.25, 0.3) is 0 Å². The van der Waals surface area contributed by atoms with Gasteiger partial charge in [-0.25, -0.2) is 0 Å². The number of hydrogen-bond acceptors (Lipinski definition) is 1. The fourth-order valence-electron chi connectivity index (χ4n) is 3.40. The molecule has 1 unspecified atom stereocenters. The third kappa shape index (κ3) is 3.87. The van der Waals surface area contributed by atoms with Gasteiger partial charge in [0.25, 0.3) is 0 Å². The molecule has 0 saturated heterocycles. The van der Waals surface area contributed by atoms with Crippen molar-refractivity contribution in [1.82, 2.24) is 0 Å². The van der Waals surface area contributed by atoms with Crippen molar-refractivity contribution in [1.29, 1.82) is 0 Å². The zero-order valence-electron chi connectivity index (χ0n) is 15.1. The molecule has 0 nitrogen and oxygen atoms in total. The average molecular weight is 563 g/mol. The van der Waals surface area contributed by atoms with Gasteiger partial charge in [-0.15, -0.1) is 0 Å². The molecule has 3 heteroatoms. The van der Waals surface area contributed by atoms with E-state index in [1.54, 1.807) is 29.9 Å². The van der Waals surface area contributed by atoms with Gasteiger partial charge in [0.1, 0.15) is 0 Å². The van der Waals surface area contributed by atoms with Crippen molar-refractivity contribution in [2.75, 3.05) is 6.26 Å². The van der Waals surface area contributed by atoms with Gasteiger partial charge >= 0.3 is 178 Å². The van der Waals surface area contributed by atoms with E-state index in [4.69, 9.17) is 6.58 Å². The second kappa shape index (κ2) is 9.60. The van der Waals surface area contributed by atoms with Crippen molar-refractivity contribution >= 4 is 39.2 Å². The topological polar surface area (TPSA) is 0 Å². The quantitative estimate of drug-likeness (QED) is 0.301. The molecule has 3 rings (SSSR count). The number of hydrogen-bond donors (Lipinski definition) is 0. The van der Waals surface area contributed by atoms with Crippen LogP contribution in [-0.2, 0) is 18.1 Å². The molecule has 0 fully saturated rings. The molecule has 0 aromatic heterocycles. The van der Waals surface area contributed by atoms with Crippen LogP contribution in [0.2, 0.25) is 0 Å². The predicted octanol–water partition coefficient (Wildman–Crippen LogP) is 4.53. The van der Waals surface area contributed by atoms with E-state index in [1.807, 2.05) is 6.08 Å². The van der Waals surface area contributed by atoms with Gasteiger partial charge in [-0.1, -0.05) is 0 Å². The first-order chi connectivity index (χ1) is 13.3. The van der Waals surface area contributed by atoms with E-state index in [0.29, 0.717) is 0 Å². The number of thioether (sulfide) groups is 1. The second-order valence-corrected chi connectivity index (χ2v) is 11.0. The Morgan fingerprint density at radius 1 is 0.852 bits per heavy atom. The van der Waals surface area contributed by atoms with E-state index < -0.39 is 7.26 Å². The zero-order chi connectivity index (χ0) is 19.1. The van der Waals surface area contributed by atoms with Gasteiger partial charge in [0.2, 0.25) is 0 Å². The molecule has 0 aliphatic rings. The SMILES string of the molecule is [CH-]=CC(SC)C(=[C]=[Os])[P+](c1ccccc1)(c1ccccc1)c1ccccc1. The zero-order valence-corrected chi connectivity index (χ0v) is 19.4. The summed E-state index contributed by atoms with van der Waals surface area (Å²) in [6.45, 7) is 6.10. The molecule has 136 valence electrons. The van der Waals surface area contributed by atoms with E-state index in [2.05, 4.69) is 101 Å². The Kier molecular flexibility index (Phi) is 7.18. The molecule has 3 aromatic carbocycles. The fourth-order valence-corrected chi connectivity index (χ4v) is 10.7. The summed E-state index contributed by atoms with van der Waals surface area (Å²) in [5.41, 5.74) is 0. The van der Waals surface area contributed by atoms with Crippen molar-refractivity contribution < 1.29 is 18.1 Å². The third-order valence-corrected chi connectivity index (χ3v) is 11.2. The van der Waals surface area contributed by atoms with Crippen LogP contribution in [0, 0.1) is 6.58 Å². The van der Waals surface area contributed by atoms with Gasteiger partial charge in [-0.3, -0.25) is 0 Å². The molecule has 0 aliphatic carbocycles. The molecule has 0 amide bonds. The van der Waals surface area contributed by atoms with Gasteiger partial charge in [-0.2, -0.15) is 0 Å². The van der Waals surface area contributed by atoms with Crippen LogP contribution in [0.4, 0.5) is 0 Å². The van der Waals surface area contributed by atoms with Gasteiger partial charge in [-0.05, 0) is 0 Å². The average Bonchev–Trinajstić information content (AvgIpc) is 2.76. The Hall–Kier alpha value is -1.53. The molecule has 3 aromatic rings. The molecular formula is C24H21OsPS. The summed E-state index contributed by atoms with van der Waals surface area (Å²) in [6.07, 6.45) is 3.93. The van der Waals surface area contributed by atoms with Crippen molar-refractivity contribution in [3.63, 3.8) is 0 Å². The molecule has 0 saturated carbocycles. The first kappa shape index (κ1) is 20.2. The van der Waals surface area contributed by atoms with Gasteiger partial charge in [0, 0.05) is 0 Å². The summed E-state index contributed by atoms with van der Waals surface area (Å²) >= 11 is 3.55. The summed E-state index contributed by atoms with van der Waals surface area (Å²) in [5, 5.41) is 5.38. The summed E-state index contributed by atoms with van der Waals surface area (Å²) in [6, 6.07) is 32.5. The number of rotatable bonds is 7. The van der Waals surface area contributed by atoms with Gasteiger partial charge in [0.05, 0.1) is 0 Å². The van der Waals surface area contributed by atoms with E-state index in [9.17, 15) is 0 Å². The van der Waals surface area contributed by atoms with Crippen molar-refractivity contribution in [2.24, 2.45) is 0 Å². The van der Waals surface area contributed by atoms with Gasteiger partial charge < -0.3 is 0 Å². The first-order valence-electron chi connectivity index (χ1n) is 8.65. The molecule has 0 heterocycles. The second-order valence-electron chi connectivity index (χ2n) is 6.00. The number of benzene rings is 3. The Morgan fingerprint density at radius 2 is 1.22 bits per heavy atom. The molecule has 0 aliphatic heterocycles. The fraction of sp³-hybridized carbons (Fsp3) is 0.0833. The van der Waals surface area contributed by atoms with Gasteiger partial charge in [0.15, 0.2) is 0 Å². The Labute approximate surface area is 177 Å².